The minimum atomic E-state index is -3.82. The monoisotopic (exact) mass is 537 g/mol. The number of sulfonamides is 1. The van der Waals surface area contributed by atoms with Gasteiger partial charge in [-0.05, 0) is 56.9 Å². The molecule has 9 nitrogen and oxygen atoms in total. The molecule has 2 saturated heterocycles. The second kappa shape index (κ2) is 11.3. The van der Waals surface area contributed by atoms with Crippen molar-refractivity contribution in [3.05, 3.63) is 21.6 Å². The molecule has 2 unspecified atom stereocenters. The summed E-state index contributed by atoms with van der Waals surface area (Å²) in [7, 11) is -3.82. The lowest BCUT2D eigenvalue weighted by Gasteiger charge is -2.34. The quantitative estimate of drug-likeness (QED) is 0.519. The highest BCUT2D eigenvalue weighted by atomic mass is 32.2. The maximum atomic E-state index is 13.5. The van der Waals surface area contributed by atoms with Gasteiger partial charge in [-0.1, -0.05) is 20.8 Å². The number of nitrogens with zero attached hydrogens (tertiary/aromatic N) is 4. The van der Waals surface area contributed by atoms with Crippen LogP contribution in [0.2, 0.25) is 0 Å². The van der Waals surface area contributed by atoms with E-state index in [2.05, 4.69) is 36.0 Å². The first-order valence-corrected chi connectivity index (χ1v) is 15.3. The molecule has 11 heteroatoms. The summed E-state index contributed by atoms with van der Waals surface area (Å²) < 4.78 is 29.7. The van der Waals surface area contributed by atoms with Gasteiger partial charge in [-0.25, -0.2) is 13.4 Å². The number of hydrogen-bond donors (Lipinski definition) is 1. The van der Waals surface area contributed by atoms with E-state index in [4.69, 9.17) is 0 Å². The summed E-state index contributed by atoms with van der Waals surface area (Å²) in [5, 5.41) is 2.99. The van der Waals surface area contributed by atoms with E-state index >= 15 is 0 Å². The van der Waals surface area contributed by atoms with Gasteiger partial charge in [0.1, 0.15) is 16.3 Å². The number of rotatable bonds is 8. The van der Waals surface area contributed by atoms with E-state index in [9.17, 15) is 18.0 Å². The fraction of sp³-hybridized carbons (Fsp3) is 0.720. The molecule has 0 aliphatic carbocycles. The standard InChI is InChI=1S/C25H39N5O4S2/c1-17-6-10-30(11-7-17)36(33,34)23-20(4)35-24-22(23)25(32)29(16-27-24)15-21(31)26-8-5-9-28-13-18(2)12-19(3)14-28/h16-19H,5-15H2,1-4H3,(H,26,31). The molecule has 1 N–H and O–H groups in total. The number of amides is 1. The zero-order chi connectivity index (χ0) is 26.0. The predicted octanol–water partition coefficient (Wildman–Crippen LogP) is 2.67. The Kier molecular flexibility index (Phi) is 8.53. The molecule has 1 amide bonds. The van der Waals surface area contributed by atoms with Crippen LogP contribution in [0.4, 0.5) is 0 Å². The largest absolute Gasteiger partial charge is 0.354 e. The molecule has 4 rings (SSSR count). The molecule has 2 aliphatic heterocycles. The van der Waals surface area contributed by atoms with Gasteiger partial charge in [0.25, 0.3) is 5.56 Å². The molecule has 0 saturated carbocycles. The van der Waals surface area contributed by atoms with E-state index in [0.29, 0.717) is 47.1 Å². The third-order valence-electron chi connectivity index (χ3n) is 7.37. The lowest BCUT2D eigenvalue weighted by molar-refractivity contribution is -0.121. The van der Waals surface area contributed by atoms with Gasteiger partial charge in [-0.3, -0.25) is 14.2 Å². The van der Waals surface area contributed by atoms with Gasteiger partial charge in [0.15, 0.2) is 0 Å². The molecule has 0 bridgehead atoms. The van der Waals surface area contributed by atoms with Gasteiger partial charge in [0.05, 0.1) is 11.7 Å². The number of thiophene rings is 1. The Morgan fingerprint density at radius 1 is 1.14 bits per heavy atom. The SMILES string of the molecule is Cc1sc2ncn(CC(=O)NCCCN3CC(C)CC(C)C3)c(=O)c2c1S(=O)(=O)N1CCC(C)CC1. The molecule has 36 heavy (non-hydrogen) atoms. The van der Waals surface area contributed by atoms with Crippen LogP contribution in [0.5, 0.6) is 0 Å². The van der Waals surface area contributed by atoms with Crippen LogP contribution in [0.1, 0.15) is 51.3 Å². The van der Waals surface area contributed by atoms with Crippen molar-refractivity contribution < 1.29 is 13.2 Å². The Morgan fingerprint density at radius 3 is 2.47 bits per heavy atom. The van der Waals surface area contributed by atoms with E-state index in [1.165, 1.54) is 33.0 Å². The van der Waals surface area contributed by atoms with E-state index in [1.54, 1.807) is 6.92 Å². The minimum absolute atomic E-state index is 0.0503. The number of hydrogen-bond acceptors (Lipinski definition) is 7. The van der Waals surface area contributed by atoms with Crippen LogP contribution in [0.3, 0.4) is 0 Å². The van der Waals surface area contributed by atoms with Gasteiger partial charge in [0.2, 0.25) is 15.9 Å². The zero-order valence-corrected chi connectivity index (χ0v) is 23.5. The summed E-state index contributed by atoms with van der Waals surface area (Å²) in [5.41, 5.74) is -0.486. The molecule has 0 aromatic carbocycles. The first-order valence-electron chi connectivity index (χ1n) is 13.0. The van der Waals surface area contributed by atoms with Gasteiger partial charge < -0.3 is 10.2 Å². The molecule has 2 aromatic heterocycles. The topological polar surface area (TPSA) is 105 Å². The molecule has 4 heterocycles. The van der Waals surface area contributed by atoms with Crippen LogP contribution in [0, 0.1) is 24.7 Å². The zero-order valence-electron chi connectivity index (χ0n) is 21.8. The number of fused-ring (bicyclic) bond motifs is 1. The van der Waals surface area contributed by atoms with E-state index in [0.717, 1.165) is 38.9 Å². The van der Waals surface area contributed by atoms with E-state index in [-0.39, 0.29) is 22.7 Å². The third kappa shape index (κ3) is 6.00. The smallest absolute Gasteiger partial charge is 0.263 e. The Bertz CT molecular complexity index is 1240. The third-order valence-corrected chi connectivity index (χ3v) is 10.6. The van der Waals surface area contributed by atoms with Crippen molar-refractivity contribution in [3.63, 3.8) is 0 Å². The highest BCUT2D eigenvalue weighted by molar-refractivity contribution is 7.89. The summed E-state index contributed by atoms with van der Waals surface area (Å²) in [4.78, 5) is 33.7. The predicted molar refractivity (Wildman–Crippen MR) is 143 cm³/mol. The summed E-state index contributed by atoms with van der Waals surface area (Å²) in [5.74, 6) is 1.61. The van der Waals surface area contributed by atoms with Crippen LogP contribution >= 0.6 is 11.3 Å². The molecule has 2 aliphatic rings. The van der Waals surface area contributed by atoms with Gasteiger partial charge in [0, 0.05) is 37.6 Å². The molecule has 0 radical (unpaired) electrons. The molecular formula is C25H39N5O4S2. The molecule has 2 fully saturated rings. The number of aromatic nitrogens is 2. The van der Waals surface area contributed by atoms with Crippen LogP contribution in [0.25, 0.3) is 10.2 Å². The average molecular weight is 538 g/mol. The number of aryl methyl sites for hydroxylation is 1. The van der Waals surface area contributed by atoms with Gasteiger partial charge >= 0.3 is 0 Å². The van der Waals surface area contributed by atoms with Crippen molar-refractivity contribution >= 4 is 37.5 Å². The van der Waals surface area contributed by atoms with Crippen LogP contribution in [-0.4, -0.2) is 72.3 Å². The van der Waals surface area contributed by atoms with Crippen molar-refractivity contribution in [3.8, 4) is 0 Å². The van der Waals surface area contributed by atoms with Crippen LogP contribution in [-0.2, 0) is 21.4 Å². The summed E-state index contributed by atoms with van der Waals surface area (Å²) in [6, 6.07) is 0. The van der Waals surface area contributed by atoms with Crippen molar-refractivity contribution in [1.29, 1.82) is 0 Å². The minimum Gasteiger partial charge on any atom is -0.354 e. The molecule has 2 aromatic rings. The second-order valence-electron chi connectivity index (χ2n) is 10.8. The lowest BCUT2D eigenvalue weighted by Crippen LogP contribution is -2.40. The summed E-state index contributed by atoms with van der Waals surface area (Å²) in [6.45, 7) is 12.8. The number of likely N-dealkylation sites (tertiary alicyclic amines) is 1. The molecular weight excluding hydrogens is 498 g/mol. The Labute approximate surface area is 217 Å². The lowest BCUT2D eigenvalue weighted by atomic mass is 9.92. The number of carbonyl (C=O) groups is 1. The average Bonchev–Trinajstić information content (AvgIpc) is 3.16. The van der Waals surface area contributed by atoms with Gasteiger partial charge in [-0.2, -0.15) is 4.31 Å². The normalized spacial score (nSPS) is 22.8. The Hall–Kier alpha value is -1.82. The van der Waals surface area contributed by atoms with E-state index in [1.807, 2.05) is 0 Å². The van der Waals surface area contributed by atoms with E-state index < -0.39 is 15.6 Å². The maximum absolute atomic E-state index is 13.5. The summed E-state index contributed by atoms with van der Waals surface area (Å²) in [6.07, 6.45) is 5.06. The molecule has 0 spiro atoms. The first-order chi connectivity index (χ1) is 17.1. The number of carbonyl (C=O) groups excluding carboxylic acids is 1. The fourth-order valence-electron chi connectivity index (χ4n) is 5.61. The summed E-state index contributed by atoms with van der Waals surface area (Å²) >= 11 is 1.21. The Balaban J connectivity index is 1.43. The van der Waals surface area contributed by atoms with Gasteiger partial charge in [-0.15, -0.1) is 11.3 Å². The van der Waals surface area contributed by atoms with Crippen molar-refractivity contribution in [1.82, 2.24) is 24.1 Å². The van der Waals surface area contributed by atoms with Crippen molar-refractivity contribution in [2.24, 2.45) is 17.8 Å². The molecule has 200 valence electrons. The number of nitrogens with one attached hydrogen (secondary N) is 1. The van der Waals surface area contributed by atoms with Crippen LogP contribution in [0.15, 0.2) is 16.0 Å². The first kappa shape index (κ1) is 27.2. The van der Waals surface area contributed by atoms with Crippen molar-refractivity contribution in [2.75, 3.05) is 39.3 Å². The molecule has 2 atom stereocenters. The number of piperidine rings is 2. The second-order valence-corrected chi connectivity index (χ2v) is 13.9. The van der Waals surface area contributed by atoms with Crippen LogP contribution < -0.4 is 10.9 Å². The fourth-order valence-corrected chi connectivity index (χ4v) is 8.74. The maximum Gasteiger partial charge on any atom is 0.263 e. The van der Waals surface area contributed by atoms with Crippen molar-refractivity contribution in [2.45, 2.75) is 64.8 Å². The highest BCUT2D eigenvalue weighted by Gasteiger charge is 2.33. The highest BCUT2D eigenvalue weighted by Crippen LogP contribution is 2.34. The Morgan fingerprint density at radius 2 is 1.81 bits per heavy atom.